The number of alkyl halides is 3. The molecule has 1 aliphatic rings. The molecule has 1 amide bonds. The average molecular weight is 311 g/mol. The Balaban J connectivity index is 2.79. The first-order valence-corrected chi connectivity index (χ1v) is 6.63. The number of carboxylic acid groups (broad SMARTS) is 1. The van der Waals surface area contributed by atoms with E-state index in [9.17, 15) is 27.9 Å². The number of hydrogen-bond acceptors (Lipinski definition) is 3. The molecule has 0 heterocycles. The first-order valence-electron chi connectivity index (χ1n) is 6.63. The topological polar surface area (TPSA) is 75.6 Å². The largest absolute Gasteiger partial charge is 0.481 e. The molecule has 5 nitrogen and oxygen atoms in total. The minimum absolute atomic E-state index is 0.415. The van der Waals surface area contributed by atoms with Crippen LogP contribution in [0.2, 0.25) is 0 Å². The minimum atomic E-state index is -4.61. The van der Waals surface area contributed by atoms with Gasteiger partial charge in [0.1, 0.15) is 5.60 Å². The van der Waals surface area contributed by atoms with Crippen molar-refractivity contribution in [3.63, 3.8) is 0 Å². The molecule has 0 aromatic carbocycles. The Morgan fingerprint density at radius 3 is 2.10 bits per heavy atom. The van der Waals surface area contributed by atoms with Gasteiger partial charge in [0, 0.05) is 6.54 Å². The second-order valence-corrected chi connectivity index (χ2v) is 6.38. The molecule has 0 saturated heterocycles. The molecule has 0 aromatic rings. The summed E-state index contributed by atoms with van der Waals surface area (Å²) in [6, 6.07) is 0. The summed E-state index contributed by atoms with van der Waals surface area (Å²) in [4.78, 5) is 22.9. The van der Waals surface area contributed by atoms with Crippen molar-refractivity contribution >= 4 is 12.1 Å². The summed E-state index contributed by atoms with van der Waals surface area (Å²) < 4.78 is 43.0. The molecule has 0 radical (unpaired) electrons. The van der Waals surface area contributed by atoms with Gasteiger partial charge in [-0.1, -0.05) is 0 Å². The Labute approximate surface area is 120 Å². The van der Waals surface area contributed by atoms with Gasteiger partial charge in [-0.2, -0.15) is 13.2 Å². The smallest absolute Gasteiger partial charge is 0.407 e. The predicted molar refractivity (Wildman–Crippen MR) is 67.7 cm³/mol. The molecule has 1 fully saturated rings. The molecule has 0 bridgehead atoms. The highest BCUT2D eigenvalue weighted by Gasteiger charge is 2.56. The number of hydrogen-bond donors (Lipinski definition) is 2. The van der Waals surface area contributed by atoms with Crippen molar-refractivity contribution in [1.82, 2.24) is 5.32 Å². The van der Waals surface area contributed by atoms with Crippen molar-refractivity contribution in [2.75, 3.05) is 6.54 Å². The third-order valence-corrected chi connectivity index (χ3v) is 3.25. The lowest BCUT2D eigenvalue weighted by molar-refractivity contribution is -0.181. The molecular formula is C13H20F3NO4. The summed E-state index contributed by atoms with van der Waals surface area (Å²) in [6.45, 7) is 4.22. The SMILES string of the molecule is CC(C)(C)OC(=O)NCC(CC(F)(F)F)(C(=O)O)C1CC1. The van der Waals surface area contributed by atoms with Crippen LogP contribution in [0.1, 0.15) is 40.0 Å². The lowest BCUT2D eigenvalue weighted by atomic mass is 9.79. The van der Waals surface area contributed by atoms with Crippen LogP contribution in [-0.4, -0.2) is 35.5 Å². The van der Waals surface area contributed by atoms with Crippen molar-refractivity contribution in [3.8, 4) is 0 Å². The summed E-state index contributed by atoms with van der Waals surface area (Å²) >= 11 is 0. The monoisotopic (exact) mass is 311 g/mol. The van der Waals surface area contributed by atoms with E-state index in [4.69, 9.17) is 4.74 Å². The summed E-state index contributed by atoms with van der Waals surface area (Å²) in [6.07, 6.45) is -6.17. The molecule has 21 heavy (non-hydrogen) atoms. The fourth-order valence-electron chi connectivity index (χ4n) is 2.21. The highest BCUT2D eigenvalue weighted by atomic mass is 19.4. The van der Waals surface area contributed by atoms with E-state index in [1.807, 2.05) is 0 Å². The summed E-state index contributed by atoms with van der Waals surface area (Å²) in [5, 5.41) is 11.4. The number of rotatable bonds is 5. The van der Waals surface area contributed by atoms with Gasteiger partial charge in [0.05, 0.1) is 11.8 Å². The third-order valence-electron chi connectivity index (χ3n) is 3.25. The van der Waals surface area contributed by atoms with E-state index in [0.717, 1.165) is 0 Å². The normalized spacial score (nSPS) is 18.8. The maximum absolute atomic E-state index is 12.7. The third kappa shape index (κ3) is 5.43. The van der Waals surface area contributed by atoms with Gasteiger partial charge in [-0.15, -0.1) is 0 Å². The predicted octanol–water partition coefficient (Wildman–Crippen LogP) is 2.94. The lowest BCUT2D eigenvalue weighted by Crippen LogP contribution is -2.48. The maximum Gasteiger partial charge on any atom is 0.407 e. The van der Waals surface area contributed by atoms with Gasteiger partial charge in [0.15, 0.2) is 0 Å². The zero-order valence-corrected chi connectivity index (χ0v) is 12.2. The molecule has 1 aliphatic carbocycles. The van der Waals surface area contributed by atoms with E-state index in [-0.39, 0.29) is 0 Å². The van der Waals surface area contributed by atoms with Crippen molar-refractivity contribution < 1.29 is 32.6 Å². The van der Waals surface area contributed by atoms with E-state index in [0.29, 0.717) is 12.8 Å². The van der Waals surface area contributed by atoms with E-state index in [2.05, 4.69) is 5.32 Å². The number of nitrogens with one attached hydrogen (secondary N) is 1. The summed E-state index contributed by atoms with van der Waals surface area (Å²) in [7, 11) is 0. The van der Waals surface area contributed by atoms with E-state index in [1.54, 1.807) is 20.8 Å². The second-order valence-electron chi connectivity index (χ2n) is 6.38. The number of halogens is 3. The van der Waals surface area contributed by atoms with Crippen molar-refractivity contribution in [3.05, 3.63) is 0 Å². The van der Waals surface area contributed by atoms with E-state index in [1.165, 1.54) is 0 Å². The zero-order chi connectivity index (χ0) is 16.5. The Bertz CT molecular complexity index is 413. The quantitative estimate of drug-likeness (QED) is 0.818. The number of amides is 1. The first-order chi connectivity index (χ1) is 9.36. The molecule has 1 rings (SSSR count). The molecular weight excluding hydrogens is 291 g/mol. The second kappa shape index (κ2) is 5.73. The van der Waals surface area contributed by atoms with E-state index >= 15 is 0 Å². The van der Waals surface area contributed by atoms with Crippen molar-refractivity contribution in [2.24, 2.45) is 11.3 Å². The molecule has 8 heteroatoms. The van der Waals surface area contributed by atoms with Crippen molar-refractivity contribution in [1.29, 1.82) is 0 Å². The van der Waals surface area contributed by atoms with Crippen molar-refractivity contribution in [2.45, 2.75) is 51.8 Å². The molecule has 122 valence electrons. The number of carbonyl (C=O) groups excluding carboxylic acids is 1. The molecule has 2 N–H and O–H groups in total. The van der Waals surface area contributed by atoms with Crippen LogP contribution in [0.3, 0.4) is 0 Å². The average Bonchev–Trinajstić information content (AvgIpc) is 3.03. The maximum atomic E-state index is 12.7. The van der Waals surface area contributed by atoms with Gasteiger partial charge in [0.2, 0.25) is 0 Å². The first kappa shape index (κ1) is 17.6. The highest BCUT2D eigenvalue weighted by molar-refractivity contribution is 5.77. The van der Waals surface area contributed by atoms with Gasteiger partial charge >= 0.3 is 18.2 Å². The zero-order valence-electron chi connectivity index (χ0n) is 12.2. The fraction of sp³-hybridized carbons (Fsp3) is 0.846. The van der Waals surface area contributed by atoms with Crippen LogP contribution >= 0.6 is 0 Å². The van der Waals surface area contributed by atoms with Gasteiger partial charge in [0.25, 0.3) is 0 Å². The summed E-state index contributed by atoms with van der Waals surface area (Å²) in [5.41, 5.74) is -2.82. The lowest BCUT2D eigenvalue weighted by Gasteiger charge is -2.31. The molecule has 1 saturated carbocycles. The number of carbonyl (C=O) groups is 2. The van der Waals surface area contributed by atoms with Gasteiger partial charge in [-0.05, 0) is 39.5 Å². The van der Waals surface area contributed by atoms with Crippen LogP contribution in [0.5, 0.6) is 0 Å². The standard InChI is InChI=1S/C13H20F3NO4/c1-11(2,3)21-10(20)17-7-12(9(18)19,8-4-5-8)6-13(14,15)16/h8H,4-7H2,1-3H3,(H,17,20)(H,18,19). The Morgan fingerprint density at radius 2 is 1.76 bits per heavy atom. The van der Waals surface area contributed by atoms with Crippen LogP contribution in [0, 0.1) is 11.3 Å². The molecule has 0 aromatic heterocycles. The van der Waals surface area contributed by atoms with Gasteiger partial charge in [-0.3, -0.25) is 4.79 Å². The van der Waals surface area contributed by atoms with Crippen LogP contribution in [0.4, 0.5) is 18.0 Å². The van der Waals surface area contributed by atoms with Gasteiger partial charge in [-0.25, -0.2) is 4.79 Å². The summed E-state index contributed by atoms with van der Waals surface area (Å²) in [5.74, 6) is -2.12. The number of ether oxygens (including phenoxy) is 1. The number of alkyl carbamates (subject to hydrolysis) is 1. The van der Waals surface area contributed by atoms with Crippen LogP contribution in [0.25, 0.3) is 0 Å². The molecule has 0 spiro atoms. The Morgan fingerprint density at radius 1 is 1.24 bits per heavy atom. The molecule has 1 atom stereocenters. The van der Waals surface area contributed by atoms with E-state index < -0.39 is 48.1 Å². The number of carboxylic acids is 1. The van der Waals surface area contributed by atoms with Crippen LogP contribution in [0.15, 0.2) is 0 Å². The molecule has 1 unspecified atom stereocenters. The Hall–Kier alpha value is -1.47. The molecule has 0 aliphatic heterocycles. The Kier molecular flexibility index (Phi) is 4.80. The van der Waals surface area contributed by atoms with Gasteiger partial charge < -0.3 is 15.2 Å². The fourth-order valence-corrected chi connectivity index (χ4v) is 2.21. The minimum Gasteiger partial charge on any atom is -0.481 e. The number of aliphatic carboxylic acids is 1. The highest BCUT2D eigenvalue weighted by Crippen LogP contribution is 2.51. The van der Waals surface area contributed by atoms with Crippen LogP contribution in [-0.2, 0) is 9.53 Å². The van der Waals surface area contributed by atoms with Crippen LogP contribution < -0.4 is 5.32 Å².